The Morgan fingerprint density at radius 1 is 0.975 bits per heavy atom. The lowest BCUT2D eigenvalue weighted by Crippen LogP contribution is -2.56. The van der Waals surface area contributed by atoms with Crippen molar-refractivity contribution in [1.82, 2.24) is 21.3 Å². The summed E-state index contributed by atoms with van der Waals surface area (Å²) in [5, 5.41) is 13.9. The summed E-state index contributed by atoms with van der Waals surface area (Å²) < 4.78 is 39.8. The lowest BCUT2D eigenvalue weighted by Gasteiger charge is -2.26. The van der Waals surface area contributed by atoms with Gasteiger partial charge in [-0.15, -0.1) is 0 Å². The maximum Gasteiger partial charge on any atom is 0.416 e. The standard InChI is InChI=1S/C29H40F3N5O3/c1-7-12-34-23-11-10-21(29(30,31)32)14-22(23)26(39)35-17-25(38)36-24(27(40)37-28(4,5)6)16-33-15-20-9-8-18(2)13-19(20)3/h8-11,13-14,24,33-34H,7,12,15-17H2,1-6H3,(H,35,39)(H,36,38)(H,37,40)/t24-/m0/s1. The highest BCUT2D eigenvalue weighted by Crippen LogP contribution is 2.32. The predicted molar refractivity (Wildman–Crippen MR) is 150 cm³/mol. The molecule has 0 fully saturated rings. The Morgan fingerprint density at radius 3 is 2.27 bits per heavy atom. The van der Waals surface area contributed by atoms with Crippen LogP contribution in [0.1, 0.15) is 66.7 Å². The van der Waals surface area contributed by atoms with E-state index in [0.29, 0.717) is 19.5 Å². The normalized spacial score (nSPS) is 12.4. The molecule has 0 bridgehead atoms. The van der Waals surface area contributed by atoms with Crippen LogP contribution in [0, 0.1) is 13.8 Å². The third-order valence-corrected chi connectivity index (χ3v) is 5.88. The zero-order chi connectivity index (χ0) is 30.1. The number of hydrogen-bond donors (Lipinski definition) is 5. The van der Waals surface area contributed by atoms with Gasteiger partial charge in [0.1, 0.15) is 6.04 Å². The summed E-state index contributed by atoms with van der Waals surface area (Å²) in [6.45, 7) is 11.8. The SMILES string of the molecule is CCCNc1ccc(C(F)(F)F)cc1C(=O)NCC(=O)N[C@@H](CNCc1ccc(C)cc1C)C(=O)NC(C)(C)C. The van der Waals surface area contributed by atoms with Crippen molar-refractivity contribution in [1.29, 1.82) is 0 Å². The zero-order valence-corrected chi connectivity index (χ0v) is 23.9. The van der Waals surface area contributed by atoms with E-state index in [0.717, 1.165) is 28.8 Å². The van der Waals surface area contributed by atoms with E-state index in [-0.39, 0.29) is 17.8 Å². The van der Waals surface area contributed by atoms with Gasteiger partial charge in [0.25, 0.3) is 5.91 Å². The van der Waals surface area contributed by atoms with E-state index in [9.17, 15) is 27.6 Å². The summed E-state index contributed by atoms with van der Waals surface area (Å²) in [6, 6.07) is 7.93. The summed E-state index contributed by atoms with van der Waals surface area (Å²) in [6.07, 6.45) is -3.94. The Labute approximate surface area is 233 Å². The largest absolute Gasteiger partial charge is 0.416 e. The van der Waals surface area contributed by atoms with Gasteiger partial charge in [0.05, 0.1) is 17.7 Å². The van der Waals surface area contributed by atoms with Crippen molar-refractivity contribution in [2.75, 3.05) is 25.0 Å². The van der Waals surface area contributed by atoms with Crippen LogP contribution in [0.5, 0.6) is 0 Å². The maximum atomic E-state index is 13.3. The minimum atomic E-state index is -4.63. The average Bonchev–Trinajstić information content (AvgIpc) is 2.84. The third-order valence-electron chi connectivity index (χ3n) is 5.88. The molecule has 5 N–H and O–H groups in total. The Hall–Kier alpha value is -3.60. The smallest absolute Gasteiger partial charge is 0.384 e. The summed E-state index contributed by atoms with van der Waals surface area (Å²) in [4.78, 5) is 38.5. The lowest BCUT2D eigenvalue weighted by molar-refractivity contribution is -0.137. The molecule has 0 aromatic heterocycles. The molecule has 0 unspecified atom stereocenters. The molecule has 0 heterocycles. The van der Waals surface area contributed by atoms with Crippen molar-refractivity contribution < 1.29 is 27.6 Å². The molecule has 3 amide bonds. The minimum absolute atomic E-state index is 0.119. The van der Waals surface area contributed by atoms with Crippen LogP contribution in [-0.4, -0.2) is 48.9 Å². The van der Waals surface area contributed by atoms with Crippen LogP contribution in [0.25, 0.3) is 0 Å². The van der Waals surface area contributed by atoms with E-state index >= 15 is 0 Å². The monoisotopic (exact) mass is 563 g/mol. The van der Waals surface area contributed by atoms with Gasteiger partial charge in [-0.3, -0.25) is 14.4 Å². The van der Waals surface area contributed by atoms with Crippen LogP contribution in [-0.2, 0) is 22.3 Å². The van der Waals surface area contributed by atoms with Gasteiger partial charge in [0, 0.05) is 30.9 Å². The Morgan fingerprint density at radius 2 is 1.68 bits per heavy atom. The summed E-state index contributed by atoms with van der Waals surface area (Å²) in [5.74, 6) is -1.92. The molecule has 2 aromatic rings. The van der Waals surface area contributed by atoms with E-state index in [1.165, 1.54) is 6.07 Å². The number of halogens is 3. The first-order valence-electron chi connectivity index (χ1n) is 13.2. The summed E-state index contributed by atoms with van der Waals surface area (Å²) in [7, 11) is 0. The fraction of sp³-hybridized carbons (Fsp3) is 0.483. The van der Waals surface area contributed by atoms with Crippen molar-refractivity contribution >= 4 is 23.4 Å². The fourth-order valence-electron chi connectivity index (χ4n) is 3.88. The number of aryl methyl sites for hydroxylation is 2. The van der Waals surface area contributed by atoms with E-state index in [1.807, 2.05) is 53.7 Å². The second kappa shape index (κ2) is 14.2. The molecule has 0 aliphatic carbocycles. The van der Waals surface area contributed by atoms with Crippen molar-refractivity contribution in [3.8, 4) is 0 Å². The quantitative estimate of drug-likeness (QED) is 0.268. The third kappa shape index (κ3) is 10.5. The van der Waals surface area contributed by atoms with Crippen LogP contribution >= 0.6 is 0 Å². The highest BCUT2D eigenvalue weighted by molar-refractivity contribution is 6.01. The Kier molecular flexibility index (Phi) is 11.5. The number of carbonyl (C=O) groups is 3. The molecule has 0 radical (unpaired) electrons. The van der Waals surface area contributed by atoms with Gasteiger partial charge in [-0.2, -0.15) is 13.2 Å². The summed E-state index contributed by atoms with van der Waals surface area (Å²) in [5.41, 5.74) is 1.76. The number of amides is 3. The predicted octanol–water partition coefficient (Wildman–Crippen LogP) is 4.06. The number of hydrogen-bond acceptors (Lipinski definition) is 5. The van der Waals surface area contributed by atoms with E-state index in [2.05, 4.69) is 32.7 Å². The molecule has 2 aromatic carbocycles. The van der Waals surface area contributed by atoms with Crippen LogP contribution in [0.4, 0.5) is 18.9 Å². The van der Waals surface area contributed by atoms with E-state index in [4.69, 9.17) is 0 Å². The number of benzene rings is 2. The van der Waals surface area contributed by atoms with Gasteiger partial charge in [-0.1, -0.05) is 30.7 Å². The zero-order valence-electron chi connectivity index (χ0n) is 23.9. The number of anilines is 1. The van der Waals surface area contributed by atoms with Crippen LogP contribution in [0.15, 0.2) is 36.4 Å². The molecule has 220 valence electrons. The van der Waals surface area contributed by atoms with Gasteiger partial charge in [-0.05, 0) is 70.4 Å². The van der Waals surface area contributed by atoms with Gasteiger partial charge in [-0.25, -0.2) is 0 Å². The van der Waals surface area contributed by atoms with Crippen LogP contribution in [0.3, 0.4) is 0 Å². The maximum absolute atomic E-state index is 13.3. The number of rotatable bonds is 12. The number of alkyl halides is 3. The van der Waals surface area contributed by atoms with Gasteiger partial charge < -0.3 is 26.6 Å². The van der Waals surface area contributed by atoms with Gasteiger partial charge in [0.15, 0.2) is 0 Å². The van der Waals surface area contributed by atoms with Crippen molar-refractivity contribution in [2.24, 2.45) is 0 Å². The molecule has 40 heavy (non-hydrogen) atoms. The molecule has 0 saturated carbocycles. The molecule has 11 heteroatoms. The van der Waals surface area contributed by atoms with Crippen molar-refractivity contribution in [3.05, 3.63) is 64.2 Å². The topological polar surface area (TPSA) is 111 Å². The van der Waals surface area contributed by atoms with Crippen molar-refractivity contribution in [2.45, 2.75) is 72.3 Å². The molecule has 8 nitrogen and oxygen atoms in total. The molecule has 0 aliphatic rings. The molecule has 0 spiro atoms. The summed E-state index contributed by atoms with van der Waals surface area (Å²) >= 11 is 0. The number of nitrogens with one attached hydrogen (secondary N) is 5. The lowest BCUT2D eigenvalue weighted by atomic mass is 10.1. The molecule has 1 atom stereocenters. The second-order valence-electron chi connectivity index (χ2n) is 10.8. The molecular formula is C29H40F3N5O3. The molecule has 2 rings (SSSR count). The first-order valence-corrected chi connectivity index (χ1v) is 13.2. The van der Waals surface area contributed by atoms with Gasteiger partial charge >= 0.3 is 6.18 Å². The fourth-order valence-corrected chi connectivity index (χ4v) is 3.88. The highest BCUT2D eigenvalue weighted by Gasteiger charge is 2.32. The highest BCUT2D eigenvalue weighted by atomic mass is 19.4. The number of carbonyl (C=O) groups excluding carboxylic acids is 3. The Balaban J connectivity index is 2.09. The first kappa shape index (κ1) is 32.6. The minimum Gasteiger partial charge on any atom is -0.384 e. The van der Waals surface area contributed by atoms with Crippen LogP contribution < -0.4 is 26.6 Å². The molecular weight excluding hydrogens is 523 g/mol. The molecule has 0 saturated heterocycles. The second-order valence-corrected chi connectivity index (χ2v) is 10.8. The van der Waals surface area contributed by atoms with Crippen LogP contribution in [0.2, 0.25) is 0 Å². The Bertz CT molecular complexity index is 1190. The van der Waals surface area contributed by atoms with E-state index in [1.54, 1.807) is 0 Å². The van der Waals surface area contributed by atoms with Crippen molar-refractivity contribution in [3.63, 3.8) is 0 Å². The van der Waals surface area contributed by atoms with Gasteiger partial charge in [0.2, 0.25) is 11.8 Å². The first-order chi connectivity index (χ1) is 18.6. The van der Waals surface area contributed by atoms with E-state index < -0.39 is 47.6 Å². The molecule has 0 aliphatic heterocycles. The average molecular weight is 564 g/mol.